The normalized spacial score (nSPS) is 10.6. The van der Waals surface area contributed by atoms with E-state index >= 15 is 0 Å². The first-order chi connectivity index (χ1) is 12.2. The number of aromatic nitrogens is 4. The fourth-order valence-corrected chi connectivity index (χ4v) is 2.95. The van der Waals surface area contributed by atoms with Crippen LogP contribution in [0.4, 0.5) is 0 Å². The average molecular weight is 353 g/mol. The predicted octanol–water partition coefficient (Wildman–Crippen LogP) is 2.44. The van der Waals surface area contributed by atoms with Gasteiger partial charge >= 0.3 is 0 Å². The molecule has 0 saturated heterocycles. The second-order valence-corrected chi connectivity index (χ2v) is 6.60. The molecule has 3 rings (SSSR count). The summed E-state index contributed by atoms with van der Waals surface area (Å²) in [5.74, 6) is 0.237. The van der Waals surface area contributed by atoms with Crippen LogP contribution in [0.25, 0.3) is 0 Å². The number of thioether (sulfide) groups is 1. The average Bonchev–Trinajstić information content (AvgIpc) is 3.07. The lowest BCUT2D eigenvalue weighted by Crippen LogP contribution is -2.24. The predicted molar refractivity (Wildman–Crippen MR) is 97.1 cm³/mol. The summed E-state index contributed by atoms with van der Waals surface area (Å²) in [5, 5.41) is 15.2. The van der Waals surface area contributed by atoms with E-state index in [2.05, 4.69) is 20.8 Å². The van der Waals surface area contributed by atoms with Gasteiger partial charge in [-0.15, -0.1) is 5.10 Å². The molecule has 0 aliphatic heterocycles. The first-order valence-electron chi connectivity index (χ1n) is 7.96. The Morgan fingerprint density at radius 1 is 1.08 bits per heavy atom. The van der Waals surface area contributed by atoms with E-state index in [1.165, 1.54) is 17.3 Å². The quantitative estimate of drug-likeness (QED) is 0.661. The van der Waals surface area contributed by atoms with E-state index in [1.54, 1.807) is 4.68 Å². The Bertz CT molecular complexity index is 817. The zero-order valence-corrected chi connectivity index (χ0v) is 14.7. The van der Waals surface area contributed by atoms with Crippen LogP contribution < -0.4 is 5.32 Å². The van der Waals surface area contributed by atoms with Crippen LogP contribution in [0.2, 0.25) is 0 Å². The number of tetrazole rings is 1. The highest BCUT2D eigenvalue weighted by Gasteiger charge is 2.10. The second-order valence-electron chi connectivity index (χ2n) is 5.66. The molecule has 1 aromatic heterocycles. The van der Waals surface area contributed by atoms with Gasteiger partial charge in [0.25, 0.3) is 0 Å². The number of carbonyl (C=O) groups is 1. The summed E-state index contributed by atoms with van der Waals surface area (Å²) in [4.78, 5) is 12.0. The van der Waals surface area contributed by atoms with Gasteiger partial charge in [-0.05, 0) is 28.5 Å². The molecule has 0 atom stereocenters. The molecule has 1 N–H and O–H groups in total. The summed E-state index contributed by atoms with van der Waals surface area (Å²) < 4.78 is 1.70. The molecular formula is C18H19N5OS. The number of amides is 1. The van der Waals surface area contributed by atoms with Crippen molar-refractivity contribution >= 4 is 17.7 Å². The topological polar surface area (TPSA) is 72.7 Å². The van der Waals surface area contributed by atoms with Crippen molar-refractivity contribution in [3.05, 3.63) is 71.3 Å². The second kappa shape index (κ2) is 8.43. The van der Waals surface area contributed by atoms with Crippen LogP contribution >= 0.6 is 11.8 Å². The number of hydrogen-bond donors (Lipinski definition) is 1. The third-order valence-corrected chi connectivity index (χ3v) is 4.57. The number of aryl methyl sites for hydroxylation is 1. The van der Waals surface area contributed by atoms with Crippen molar-refractivity contribution in [2.45, 2.75) is 25.2 Å². The third-order valence-electron chi connectivity index (χ3n) is 3.62. The molecule has 0 aliphatic rings. The van der Waals surface area contributed by atoms with Gasteiger partial charge in [0.05, 0.1) is 12.3 Å². The molecular weight excluding hydrogens is 334 g/mol. The van der Waals surface area contributed by atoms with E-state index in [0.29, 0.717) is 18.2 Å². The van der Waals surface area contributed by atoms with Crippen LogP contribution in [0.1, 0.15) is 16.7 Å². The van der Waals surface area contributed by atoms with Crippen LogP contribution in [0, 0.1) is 6.92 Å². The van der Waals surface area contributed by atoms with Gasteiger partial charge in [0.15, 0.2) is 0 Å². The molecule has 128 valence electrons. The Kier molecular flexibility index (Phi) is 5.79. The minimum atomic E-state index is -0.0418. The molecule has 0 bridgehead atoms. The number of nitrogens with one attached hydrogen (secondary N) is 1. The number of hydrogen-bond acceptors (Lipinski definition) is 5. The van der Waals surface area contributed by atoms with Gasteiger partial charge in [-0.3, -0.25) is 4.79 Å². The highest BCUT2D eigenvalue weighted by molar-refractivity contribution is 7.99. The van der Waals surface area contributed by atoms with Crippen molar-refractivity contribution in [3.63, 3.8) is 0 Å². The Morgan fingerprint density at radius 2 is 1.84 bits per heavy atom. The molecule has 25 heavy (non-hydrogen) atoms. The number of nitrogens with zero attached hydrogens (tertiary/aromatic N) is 4. The fourth-order valence-electron chi connectivity index (χ4n) is 2.24. The Balaban J connectivity index is 1.49. The summed E-state index contributed by atoms with van der Waals surface area (Å²) in [6, 6.07) is 18.1. The minimum absolute atomic E-state index is 0.0418. The molecule has 2 aromatic carbocycles. The fraction of sp³-hybridized carbons (Fsp3) is 0.222. The monoisotopic (exact) mass is 353 g/mol. The molecule has 0 fully saturated rings. The highest BCUT2D eigenvalue weighted by atomic mass is 32.2. The lowest BCUT2D eigenvalue weighted by molar-refractivity contribution is -0.118. The smallest absolute Gasteiger partial charge is 0.230 e. The maximum absolute atomic E-state index is 12.0. The Labute approximate surface area is 150 Å². The van der Waals surface area contributed by atoms with Crippen LogP contribution in [-0.2, 0) is 17.9 Å². The molecule has 3 aromatic rings. The van der Waals surface area contributed by atoms with Crippen LogP contribution in [0.3, 0.4) is 0 Å². The summed E-state index contributed by atoms with van der Waals surface area (Å²) in [5.41, 5.74) is 3.40. The Morgan fingerprint density at radius 3 is 2.60 bits per heavy atom. The SMILES string of the molecule is Cc1ccc(CNC(=O)CSc2nnnn2Cc2ccccc2)cc1. The van der Waals surface area contributed by atoms with Crippen molar-refractivity contribution in [2.24, 2.45) is 0 Å². The molecule has 1 amide bonds. The molecule has 0 aliphatic carbocycles. The lowest BCUT2D eigenvalue weighted by atomic mass is 10.1. The molecule has 0 unspecified atom stereocenters. The highest BCUT2D eigenvalue weighted by Crippen LogP contribution is 2.14. The first kappa shape index (κ1) is 17.2. The van der Waals surface area contributed by atoms with Crippen molar-refractivity contribution in [1.29, 1.82) is 0 Å². The van der Waals surface area contributed by atoms with Gasteiger partial charge < -0.3 is 5.32 Å². The Hall–Kier alpha value is -2.67. The molecule has 6 nitrogen and oxygen atoms in total. The molecule has 1 heterocycles. The van der Waals surface area contributed by atoms with Crippen LogP contribution in [-0.4, -0.2) is 31.9 Å². The number of carbonyl (C=O) groups excluding carboxylic acids is 1. The maximum Gasteiger partial charge on any atom is 0.230 e. The summed E-state index contributed by atoms with van der Waals surface area (Å²) in [6.07, 6.45) is 0. The van der Waals surface area contributed by atoms with Gasteiger partial charge in [-0.1, -0.05) is 71.9 Å². The van der Waals surface area contributed by atoms with E-state index in [1.807, 2.05) is 61.5 Å². The largest absolute Gasteiger partial charge is 0.351 e. The molecule has 0 saturated carbocycles. The number of benzene rings is 2. The van der Waals surface area contributed by atoms with Gasteiger partial charge in [-0.25, -0.2) is 4.68 Å². The third kappa shape index (κ3) is 5.15. The van der Waals surface area contributed by atoms with Gasteiger partial charge in [-0.2, -0.15) is 0 Å². The zero-order valence-electron chi connectivity index (χ0n) is 13.9. The van der Waals surface area contributed by atoms with E-state index in [0.717, 1.165) is 11.1 Å². The summed E-state index contributed by atoms with van der Waals surface area (Å²) in [6.45, 7) is 3.15. The summed E-state index contributed by atoms with van der Waals surface area (Å²) in [7, 11) is 0. The van der Waals surface area contributed by atoms with Crippen molar-refractivity contribution in [3.8, 4) is 0 Å². The molecule has 0 radical (unpaired) electrons. The maximum atomic E-state index is 12.0. The van der Waals surface area contributed by atoms with E-state index in [-0.39, 0.29) is 11.7 Å². The van der Waals surface area contributed by atoms with Crippen molar-refractivity contribution < 1.29 is 4.79 Å². The van der Waals surface area contributed by atoms with E-state index in [9.17, 15) is 4.79 Å². The van der Waals surface area contributed by atoms with Crippen molar-refractivity contribution in [2.75, 3.05) is 5.75 Å². The first-order valence-corrected chi connectivity index (χ1v) is 8.94. The van der Waals surface area contributed by atoms with Crippen LogP contribution in [0.15, 0.2) is 59.8 Å². The lowest BCUT2D eigenvalue weighted by Gasteiger charge is -2.06. The van der Waals surface area contributed by atoms with Gasteiger partial charge in [0.2, 0.25) is 11.1 Å². The van der Waals surface area contributed by atoms with E-state index in [4.69, 9.17) is 0 Å². The van der Waals surface area contributed by atoms with Crippen molar-refractivity contribution in [1.82, 2.24) is 25.5 Å². The zero-order chi connectivity index (χ0) is 17.5. The van der Waals surface area contributed by atoms with Crippen LogP contribution in [0.5, 0.6) is 0 Å². The van der Waals surface area contributed by atoms with Gasteiger partial charge in [0, 0.05) is 6.54 Å². The summed E-state index contributed by atoms with van der Waals surface area (Å²) >= 11 is 1.33. The number of rotatable bonds is 7. The molecule has 7 heteroatoms. The molecule has 0 spiro atoms. The standard InChI is InChI=1S/C18H19N5OS/c1-14-7-9-15(10-8-14)11-19-17(24)13-25-18-20-21-22-23(18)12-16-5-3-2-4-6-16/h2-10H,11-13H2,1H3,(H,19,24). The minimum Gasteiger partial charge on any atom is -0.351 e. The van der Waals surface area contributed by atoms with E-state index < -0.39 is 0 Å². The van der Waals surface area contributed by atoms with Gasteiger partial charge in [0.1, 0.15) is 0 Å².